The molecule has 8 heavy (non-hydrogen) atoms. The van der Waals surface area contributed by atoms with Gasteiger partial charge in [-0.25, -0.2) is 0 Å². The van der Waals surface area contributed by atoms with Gasteiger partial charge in [-0.15, -0.1) is 10.1 Å². The predicted octanol–water partition coefficient (Wildman–Crippen LogP) is -1.44. The number of nitrogens with zero attached hydrogens (tertiary/aromatic N) is 1. The quantitative estimate of drug-likeness (QED) is 0.291. The molecule has 50 valence electrons. The second-order valence-corrected chi connectivity index (χ2v) is 0.815. The second kappa shape index (κ2) is 9.45. The van der Waals surface area contributed by atoms with Crippen molar-refractivity contribution in [3.05, 3.63) is 10.1 Å². The van der Waals surface area contributed by atoms with Crippen LogP contribution in [0.3, 0.4) is 0 Å². The maximum atomic E-state index is 8.36. The molecule has 6 nitrogen and oxygen atoms in total. The molecule has 0 aliphatic heterocycles. The summed E-state index contributed by atoms with van der Waals surface area (Å²) >= 11 is 0. The molecule has 0 amide bonds. The van der Waals surface area contributed by atoms with Crippen LogP contribution < -0.4 is 11.5 Å². The number of rotatable bonds is 1. The molecule has 0 radical (unpaired) electrons. The fourth-order valence-corrected chi connectivity index (χ4v) is 0. The first-order valence-corrected chi connectivity index (χ1v) is 1.88. The molecule has 0 fully saturated rings. The standard InChI is InChI=1S/C2H8N2.HNO3/c3-1-2-4;2-1(3)4/h1-4H2;(H,2,3,4). The lowest BCUT2D eigenvalue weighted by molar-refractivity contribution is -0.742. The smallest absolute Gasteiger partial charge is 0.291 e. The maximum Gasteiger partial charge on any atom is 0.291 e. The topological polar surface area (TPSA) is 115 Å². The molecule has 0 spiro atoms. The summed E-state index contributed by atoms with van der Waals surface area (Å²) in [6.45, 7) is 1.19. The van der Waals surface area contributed by atoms with Crippen LogP contribution in [-0.2, 0) is 0 Å². The Hall–Kier alpha value is -0.880. The summed E-state index contributed by atoms with van der Waals surface area (Å²) in [6.07, 6.45) is 0. The minimum Gasteiger partial charge on any atom is -0.329 e. The van der Waals surface area contributed by atoms with E-state index in [0.29, 0.717) is 13.1 Å². The summed E-state index contributed by atoms with van der Waals surface area (Å²) in [6, 6.07) is 0. The third-order valence-corrected chi connectivity index (χ3v) is 0.167. The minimum absolute atomic E-state index is 0.597. The summed E-state index contributed by atoms with van der Waals surface area (Å²) in [7, 11) is 0. The molecule has 6 heteroatoms. The first-order valence-electron chi connectivity index (χ1n) is 1.88. The Kier molecular flexibility index (Phi) is 12.0. The number of hydrogen-bond donors (Lipinski definition) is 3. The molecular formula is C2H9N3O3. The van der Waals surface area contributed by atoms with Gasteiger partial charge >= 0.3 is 0 Å². The van der Waals surface area contributed by atoms with Crippen LogP contribution in [0.5, 0.6) is 0 Å². The molecule has 0 atom stereocenters. The van der Waals surface area contributed by atoms with E-state index in [4.69, 9.17) is 26.8 Å². The molecule has 0 aliphatic carbocycles. The molecule has 0 rings (SSSR count). The van der Waals surface area contributed by atoms with Gasteiger partial charge in [-0.1, -0.05) is 0 Å². The van der Waals surface area contributed by atoms with Crippen molar-refractivity contribution in [2.75, 3.05) is 13.1 Å². The van der Waals surface area contributed by atoms with Gasteiger partial charge in [0.15, 0.2) is 0 Å². The third kappa shape index (κ3) is 6040. The monoisotopic (exact) mass is 123 g/mol. The summed E-state index contributed by atoms with van der Waals surface area (Å²) in [4.78, 5) is 8.36. The van der Waals surface area contributed by atoms with Crippen LogP contribution in [0, 0.1) is 10.1 Å². The van der Waals surface area contributed by atoms with Crippen LogP contribution in [-0.4, -0.2) is 23.4 Å². The van der Waals surface area contributed by atoms with Gasteiger partial charge < -0.3 is 16.7 Å². The molecule has 0 aromatic rings. The van der Waals surface area contributed by atoms with Crippen LogP contribution in [0.2, 0.25) is 0 Å². The Balaban J connectivity index is 0. The molecule has 0 heterocycles. The minimum atomic E-state index is -1.50. The Labute approximate surface area is 46.2 Å². The predicted molar refractivity (Wildman–Crippen MR) is 26.9 cm³/mol. The fourth-order valence-electron chi connectivity index (χ4n) is 0. The zero-order valence-corrected chi connectivity index (χ0v) is 4.28. The van der Waals surface area contributed by atoms with Crippen LogP contribution >= 0.6 is 0 Å². The normalized spacial score (nSPS) is 6.75. The van der Waals surface area contributed by atoms with Gasteiger partial charge in [0, 0.05) is 13.1 Å². The summed E-state index contributed by atoms with van der Waals surface area (Å²) in [5, 5.41) is 13.6. The lowest BCUT2D eigenvalue weighted by atomic mass is 10.7. The largest absolute Gasteiger partial charge is 0.329 e. The SMILES string of the molecule is NCCN.O=[N+]([O-])O. The van der Waals surface area contributed by atoms with E-state index in [0.717, 1.165) is 0 Å². The van der Waals surface area contributed by atoms with Gasteiger partial charge in [-0.05, 0) is 0 Å². The van der Waals surface area contributed by atoms with Crippen molar-refractivity contribution in [2.45, 2.75) is 0 Å². The molecule has 0 unspecified atom stereocenters. The average Bonchev–Trinajstić information content (AvgIpc) is 1.65. The molecule has 0 saturated carbocycles. The van der Waals surface area contributed by atoms with Gasteiger partial charge in [0.1, 0.15) is 0 Å². The average molecular weight is 123 g/mol. The van der Waals surface area contributed by atoms with Crippen molar-refractivity contribution < 1.29 is 10.3 Å². The second-order valence-electron chi connectivity index (χ2n) is 0.815. The fraction of sp³-hybridized carbons (Fsp3) is 1.00. The maximum absolute atomic E-state index is 8.36. The molecule has 0 saturated heterocycles. The molecule has 0 bridgehead atoms. The summed E-state index contributed by atoms with van der Waals surface area (Å²) < 4.78 is 0. The zero-order valence-electron chi connectivity index (χ0n) is 4.28. The van der Waals surface area contributed by atoms with E-state index in [-0.39, 0.29) is 0 Å². The van der Waals surface area contributed by atoms with Crippen molar-refractivity contribution >= 4 is 0 Å². The Morgan fingerprint density at radius 2 is 1.62 bits per heavy atom. The first kappa shape index (κ1) is 10.2. The van der Waals surface area contributed by atoms with Crippen molar-refractivity contribution in [3.8, 4) is 0 Å². The Morgan fingerprint density at radius 1 is 1.50 bits per heavy atom. The van der Waals surface area contributed by atoms with Gasteiger partial charge in [-0.3, -0.25) is 0 Å². The lowest BCUT2D eigenvalue weighted by Crippen LogP contribution is -2.11. The molecule has 5 N–H and O–H groups in total. The highest BCUT2D eigenvalue weighted by Crippen LogP contribution is 1.38. The van der Waals surface area contributed by atoms with Crippen molar-refractivity contribution in [2.24, 2.45) is 11.5 Å². The van der Waals surface area contributed by atoms with E-state index >= 15 is 0 Å². The Morgan fingerprint density at radius 3 is 1.62 bits per heavy atom. The highest BCUT2D eigenvalue weighted by atomic mass is 16.9. The van der Waals surface area contributed by atoms with E-state index in [2.05, 4.69) is 0 Å². The highest BCUT2D eigenvalue weighted by Gasteiger charge is 1.65. The molecule has 0 aliphatic rings. The molecule has 0 aromatic carbocycles. The summed E-state index contributed by atoms with van der Waals surface area (Å²) in [5.74, 6) is 0. The third-order valence-electron chi connectivity index (χ3n) is 0.167. The number of nitrogens with two attached hydrogens (primary N) is 2. The van der Waals surface area contributed by atoms with Crippen LogP contribution in [0.15, 0.2) is 0 Å². The molecule has 0 aromatic heterocycles. The van der Waals surface area contributed by atoms with E-state index in [1.165, 1.54) is 0 Å². The van der Waals surface area contributed by atoms with E-state index in [1.54, 1.807) is 0 Å². The lowest BCUT2D eigenvalue weighted by Gasteiger charge is -1.72. The molecular weight excluding hydrogens is 114 g/mol. The first-order chi connectivity index (χ1) is 3.65. The van der Waals surface area contributed by atoms with E-state index < -0.39 is 5.09 Å². The summed E-state index contributed by atoms with van der Waals surface area (Å²) in [5.41, 5.74) is 9.81. The van der Waals surface area contributed by atoms with Gasteiger partial charge in [0.25, 0.3) is 5.09 Å². The van der Waals surface area contributed by atoms with Gasteiger partial charge in [0.2, 0.25) is 0 Å². The van der Waals surface area contributed by atoms with Gasteiger partial charge in [0.05, 0.1) is 0 Å². The van der Waals surface area contributed by atoms with Crippen LogP contribution in [0.4, 0.5) is 0 Å². The van der Waals surface area contributed by atoms with Crippen LogP contribution in [0.1, 0.15) is 0 Å². The van der Waals surface area contributed by atoms with Gasteiger partial charge in [-0.2, -0.15) is 0 Å². The highest BCUT2D eigenvalue weighted by molar-refractivity contribution is 4.26. The van der Waals surface area contributed by atoms with Crippen molar-refractivity contribution in [1.82, 2.24) is 0 Å². The van der Waals surface area contributed by atoms with Crippen molar-refractivity contribution in [3.63, 3.8) is 0 Å². The van der Waals surface area contributed by atoms with Crippen molar-refractivity contribution in [1.29, 1.82) is 0 Å². The van der Waals surface area contributed by atoms with E-state index in [1.807, 2.05) is 0 Å². The zero-order chi connectivity index (χ0) is 6.99. The Bertz CT molecular complexity index is 50.5. The number of hydrogen-bond acceptors (Lipinski definition) is 4. The van der Waals surface area contributed by atoms with E-state index in [9.17, 15) is 0 Å². The van der Waals surface area contributed by atoms with Crippen LogP contribution in [0.25, 0.3) is 0 Å².